The van der Waals surface area contributed by atoms with Gasteiger partial charge < -0.3 is 9.50 Å². The standard InChI is InChI=1S/C22H14IN3O6S/c23-17-5-7-18(8-6-17)25-22(27)16(14-24)13-15-3-1-2-4-21(15)32-33(30,31)20-11-9-19(10-12-20)26(28)29/h1-13H,(H,25,27). The molecule has 1 N–H and O–H groups in total. The Kier molecular flexibility index (Phi) is 7.41. The zero-order valence-electron chi connectivity index (χ0n) is 16.6. The Morgan fingerprint density at radius 1 is 1.06 bits per heavy atom. The topological polar surface area (TPSA) is 139 Å². The van der Waals surface area contributed by atoms with Crippen molar-refractivity contribution in [3.63, 3.8) is 0 Å². The zero-order valence-corrected chi connectivity index (χ0v) is 19.6. The molecule has 0 heterocycles. The molecule has 166 valence electrons. The highest BCUT2D eigenvalue weighted by Crippen LogP contribution is 2.26. The molecule has 0 radical (unpaired) electrons. The maximum absolute atomic E-state index is 12.6. The summed E-state index contributed by atoms with van der Waals surface area (Å²) in [5, 5.41) is 22.8. The number of non-ortho nitro benzene ring substituents is 1. The van der Waals surface area contributed by atoms with Crippen molar-refractivity contribution in [3.05, 3.63) is 97.6 Å². The average molecular weight is 575 g/mol. The predicted molar refractivity (Wildman–Crippen MR) is 129 cm³/mol. The summed E-state index contributed by atoms with van der Waals surface area (Å²) in [7, 11) is -4.33. The first kappa shape index (κ1) is 23.9. The van der Waals surface area contributed by atoms with Crippen molar-refractivity contribution in [2.75, 3.05) is 5.32 Å². The van der Waals surface area contributed by atoms with Gasteiger partial charge in [0.25, 0.3) is 11.6 Å². The highest BCUT2D eigenvalue weighted by Gasteiger charge is 2.20. The number of carbonyl (C=O) groups is 1. The van der Waals surface area contributed by atoms with E-state index in [-0.39, 0.29) is 27.5 Å². The smallest absolute Gasteiger partial charge is 0.339 e. The van der Waals surface area contributed by atoms with E-state index in [2.05, 4.69) is 27.9 Å². The zero-order chi connectivity index (χ0) is 24.0. The molecule has 9 nitrogen and oxygen atoms in total. The van der Waals surface area contributed by atoms with E-state index in [9.17, 15) is 28.6 Å². The lowest BCUT2D eigenvalue weighted by Crippen LogP contribution is -2.14. The van der Waals surface area contributed by atoms with Crippen LogP contribution in [0.5, 0.6) is 5.75 Å². The molecule has 0 aromatic heterocycles. The quantitative estimate of drug-likeness (QED) is 0.109. The second-order valence-electron chi connectivity index (χ2n) is 6.46. The van der Waals surface area contributed by atoms with Gasteiger partial charge in [0, 0.05) is 27.0 Å². The van der Waals surface area contributed by atoms with Crippen LogP contribution in [0.3, 0.4) is 0 Å². The number of anilines is 1. The fourth-order valence-electron chi connectivity index (χ4n) is 2.61. The lowest BCUT2D eigenvalue weighted by atomic mass is 10.1. The van der Waals surface area contributed by atoms with Crippen LogP contribution >= 0.6 is 22.6 Å². The maximum Gasteiger partial charge on any atom is 0.339 e. The summed E-state index contributed by atoms with van der Waals surface area (Å²) in [6.07, 6.45) is 1.21. The summed E-state index contributed by atoms with van der Waals surface area (Å²) in [5.41, 5.74) is 0.136. The first-order valence-electron chi connectivity index (χ1n) is 9.16. The summed E-state index contributed by atoms with van der Waals surface area (Å²) < 4.78 is 31.4. The van der Waals surface area contributed by atoms with Gasteiger partial charge in [-0.25, -0.2) is 0 Å². The fraction of sp³-hybridized carbons (Fsp3) is 0. The van der Waals surface area contributed by atoms with Crippen molar-refractivity contribution >= 4 is 56.1 Å². The first-order chi connectivity index (χ1) is 15.7. The maximum atomic E-state index is 12.6. The summed E-state index contributed by atoms with van der Waals surface area (Å²) in [4.78, 5) is 22.4. The molecular formula is C22H14IN3O6S. The molecular weight excluding hydrogens is 561 g/mol. The number of nitro benzene ring substituents is 1. The van der Waals surface area contributed by atoms with Crippen LogP contribution in [0.4, 0.5) is 11.4 Å². The van der Waals surface area contributed by atoms with E-state index in [4.69, 9.17) is 4.18 Å². The Morgan fingerprint density at radius 3 is 2.30 bits per heavy atom. The molecule has 11 heteroatoms. The summed E-state index contributed by atoms with van der Waals surface area (Å²) in [5.74, 6) is -0.794. The van der Waals surface area contributed by atoms with Gasteiger partial charge in [0.1, 0.15) is 22.3 Å². The van der Waals surface area contributed by atoms with E-state index in [1.165, 1.54) is 24.3 Å². The van der Waals surface area contributed by atoms with Crippen LogP contribution in [0.2, 0.25) is 0 Å². The molecule has 0 unspecified atom stereocenters. The molecule has 33 heavy (non-hydrogen) atoms. The van der Waals surface area contributed by atoms with E-state index in [1.807, 2.05) is 0 Å². The Labute approximate surface area is 202 Å². The van der Waals surface area contributed by atoms with E-state index < -0.39 is 20.9 Å². The SMILES string of the molecule is N#CC(=Cc1ccccc1OS(=O)(=O)c1ccc([N+](=O)[O-])cc1)C(=O)Nc1ccc(I)cc1. The van der Waals surface area contributed by atoms with Crippen LogP contribution in [0.1, 0.15) is 5.56 Å². The van der Waals surface area contributed by atoms with Gasteiger partial charge in [0.2, 0.25) is 0 Å². The van der Waals surface area contributed by atoms with Crippen LogP contribution < -0.4 is 9.50 Å². The van der Waals surface area contributed by atoms with Crippen molar-refractivity contribution in [1.29, 1.82) is 5.26 Å². The normalized spacial score (nSPS) is 11.3. The van der Waals surface area contributed by atoms with Crippen molar-refractivity contribution in [1.82, 2.24) is 0 Å². The second kappa shape index (κ2) is 10.2. The van der Waals surface area contributed by atoms with Gasteiger partial charge in [-0.15, -0.1) is 0 Å². The van der Waals surface area contributed by atoms with Crippen molar-refractivity contribution in [2.45, 2.75) is 4.90 Å². The average Bonchev–Trinajstić information content (AvgIpc) is 2.79. The van der Waals surface area contributed by atoms with E-state index in [1.54, 1.807) is 36.4 Å². The number of halogens is 1. The number of nitriles is 1. The molecule has 0 fully saturated rings. The van der Waals surface area contributed by atoms with Crippen LogP contribution in [0, 0.1) is 25.0 Å². The number of para-hydroxylation sites is 1. The van der Waals surface area contributed by atoms with Gasteiger partial charge in [0.15, 0.2) is 0 Å². The molecule has 3 aromatic carbocycles. The van der Waals surface area contributed by atoms with Gasteiger partial charge >= 0.3 is 10.1 Å². The minimum atomic E-state index is -4.33. The number of nitrogens with one attached hydrogen (secondary N) is 1. The van der Waals surface area contributed by atoms with Crippen LogP contribution in [-0.4, -0.2) is 19.2 Å². The molecule has 0 saturated heterocycles. The largest absolute Gasteiger partial charge is 0.378 e. The Morgan fingerprint density at radius 2 is 1.70 bits per heavy atom. The van der Waals surface area contributed by atoms with Gasteiger partial charge in [-0.3, -0.25) is 14.9 Å². The highest BCUT2D eigenvalue weighted by molar-refractivity contribution is 14.1. The van der Waals surface area contributed by atoms with Crippen LogP contribution in [0.25, 0.3) is 6.08 Å². The monoisotopic (exact) mass is 575 g/mol. The number of hydrogen-bond acceptors (Lipinski definition) is 7. The molecule has 3 aromatic rings. The number of benzene rings is 3. The van der Waals surface area contributed by atoms with Gasteiger partial charge in [0.05, 0.1) is 4.92 Å². The fourth-order valence-corrected chi connectivity index (χ4v) is 3.93. The van der Waals surface area contributed by atoms with E-state index in [0.29, 0.717) is 5.69 Å². The number of carbonyl (C=O) groups excluding carboxylic acids is 1. The van der Waals surface area contributed by atoms with Gasteiger partial charge in [-0.1, -0.05) is 18.2 Å². The molecule has 0 bridgehead atoms. The lowest BCUT2D eigenvalue weighted by Gasteiger charge is -2.10. The second-order valence-corrected chi connectivity index (χ2v) is 9.25. The Hall–Kier alpha value is -3.76. The lowest BCUT2D eigenvalue weighted by molar-refractivity contribution is -0.384. The molecule has 0 aliphatic heterocycles. The minimum absolute atomic E-state index is 0.120. The number of rotatable bonds is 7. The molecule has 1 amide bonds. The van der Waals surface area contributed by atoms with Crippen molar-refractivity contribution < 1.29 is 22.3 Å². The summed E-state index contributed by atoms with van der Waals surface area (Å²) in [6.45, 7) is 0. The van der Waals surface area contributed by atoms with Crippen molar-refractivity contribution in [2.24, 2.45) is 0 Å². The van der Waals surface area contributed by atoms with E-state index in [0.717, 1.165) is 27.8 Å². The molecule has 0 saturated carbocycles. The first-order valence-corrected chi connectivity index (χ1v) is 11.6. The number of hydrogen-bond donors (Lipinski definition) is 1. The summed E-state index contributed by atoms with van der Waals surface area (Å²) >= 11 is 2.12. The number of amides is 1. The van der Waals surface area contributed by atoms with E-state index >= 15 is 0 Å². The summed E-state index contributed by atoms with van der Waals surface area (Å²) in [6, 6.07) is 18.9. The molecule has 0 aliphatic rings. The molecule has 0 spiro atoms. The van der Waals surface area contributed by atoms with Gasteiger partial charge in [-0.2, -0.15) is 13.7 Å². The van der Waals surface area contributed by atoms with Crippen molar-refractivity contribution in [3.8, 4) is 11.8 Å². The Bertz CT molecular complexity index is 1380. The third-order valence-corrected chi connectivity index (χ3v) is 6.19. The third kappa shape index (κ3) is 6.15. The minimum Gasteiger partial charge on any atom is -0.378 e. The molecule has 0 aliphatic carbocycles. The number of nitrogens with zero attached hydrogens (tertiary/aromatic N) is 2. The highest BCUT2D eigenvalue weighted by atomic mass is 127. The van der Waals surface area contributed by atoms with Gasteiger partial charge in [-0.05, 0) is 71.1 Å². The number of nitro groups is 1. The molecule has 3 rings (SSSR count). The Balaban J connectivity index is 1.87. The predicted octanol–water partition coefficient (Wildman–Crippen LogP) is 4.51. The molecule has 0 atom stereocenters. The third-order valence-electron chi connectivity index (χ3n) is 4.22. The van der Waals surface area contributed by atoms with Crippen LogP contribution in [0.15, 0.2) is 83.3 Å². The van der Waals surface area contributed by atoms with Crippen LogP contribution in [-0.2, 0) is 14.9 Å².